The van der Waals surface area contributed by atoms with E-state index >= 15 is 0 Å². The molecule has 0 spiro atoms. The molecule has 0 fully saturated rings. The molecule has 0 bridgehead atoms. The van der Waals surface area contributed by atoms with Crippen molar-refractivity contribution in [1.29, 1.82) is 0 Å². The normalized spacial score (nSPS) is 11.6. The summed E-state index contributed by atoms with van der Waals surface area (Å²) in [5.41, 5.74) is 7.70. The van der Waals surface area contributed by atoms with Gasteiger partial charge in [-0.15, -0.1) is 0 Å². The first-order chi connectivity index (χ1) is 13.8. The number of anilines is 1. The zero-order chi connectivity index (χ0) is 20.8. The summed E-state index contributed by atoms with van der Waals surface area (Å²) in [7, 11) is 0. The zero-order valence-corrected chi connectivity index (χ0v) is 15.1. The van der Waals surface area contributed by atoms with Gasteiger partial charge in [-0.3, -0.25) is 4.40 Å². The van der Waals surface area contributed by atoms with Crippen molar-refractivity contribution in [3.8, 4) is 22.5 Å². The molecule has 1 aromatic carbocycles. The highest BCUT2D eigenvalue weighted by Gasteiger charge is 2.33. The Labute approximate surface area is 163 Å². The molecule has 0 atom stereocenters. The van der Waals surface area contributed by atoms with Gasteiger partial charge in [-0.05, 0) is 24.6 Å². The number of hydrogen-bond acceptors (Lipinski definition) is 4. The molecular formula is C20H13F3N6. The lowest BCUT2D eigenvalue weighted by Gasteiger charge is -2.16. The van der Waals surface area contributed by atoms with Crippen molar-refractivity contribution in [3.05, 3.63) is 71.6 Å². The van der Waals surface area contributed by atoms with Gasteiger partial charge in [0.15, 0.2) is 17.2 Å². The number of benzene rings is 1. The maximum absolute atomic E-state index is 13.3. The fourth-order valence-electron chi connectivity index (χ4n) is 3.13. The second kappa shape index (κ2) is 6.60. The number of rotatable bonds is 2. The van der Waals surface area contributed by atoms with Crippen LogP contribution >= 0.6 is 0 Å². The Balaban J connectivity index is 2.06. The van der Waals surface area contributed by atoms with Crippen LogP contribution in [0.4, 0.5) is 24.7 Å². The number of halogens is 3. The minimum atomic E-state index is -4.59. The van der Waals surface area contributed by atoms with E-state index in [9.17, 15) is 13.2 Å². The Bertz CT molecular complexity index is 1270. The van der Waals surface area contributed by atoms with Crippen molar-refractivity contribution >= 4 is 17.2 Å². The monoisotopic (exact) mass is 394 g/mol. The molecule has 0 aliphatic rings. The topological polar surface area (TPSA) is 73.5 Å². The van der Waals surface area contributed by atoms with Gasteiger partial charge in [-0.2, -0.15) is 13.2 Å². The van der Waals surface area contributed by atoms with Crippen LogP contribution in [0.15, 0.2) is 48.8 Å². The largest absolute Gasteiger partial charge is 0.433 e. The highest BCUT2D eigenvalue weighted by Crippen LogP contribution is 2.36. The predicted molar refractivity (Wildman–Crippen MR) is 102 cm³/mol. The first-order valence-electron chi connectivity index (χ1n) is 8.44. The van der Waals surface area contributed by atoms with Crippen LogP contribution in [0.1, 0.15) is 11.4 Å². The maximum Gasteiger partial charge on any atom is 0.433 e. The number of nitrogen functional groups attached to an aromatic ring is 1. The van der Waals surface area contributed by atoms with Gasteiger partial charge >= 0.3 is 6.18 Å². The van der Waals surface area contributed by atoms with Crippen molar-refractivity contribution in [2.45, 2.75) is 13.1 Å². The maximum atomic E-state index is 13.3. The van der Waals surface area contributed by atoms with E-state index in [2.05, 4.69) is 19.8 Å². The van der Waals surface area contributed by atoms with Gasteiger partial charge in [0.25, 0.3) is 0 Å². The lowest BCUT2D eigenvalue weighted by molar-refractivity contribution is -0.141. The van der Waals surface area contributed by atoms with Gasteiger partial charge in [0.2, 0.25) is 0 Å². The third kappa shape index (κ3) is 3.25. The summed E-state index contributed by atoms with van der Waals surface area (Å²) in [5, 5.41) is 0. The predicted octanol–water partition coefficient (Wildman–Crippen LogP) is 4.92. The van der Waals surface area contributed by atoms with E-state index < -0.39 is 11.9 Å². The first kappa shape index (κ1) is 18.4. The third-order valence-corrected chi connectivity index (χ3v) is 4.35. The van der Waals surface area contributed by atoms with Gasteiger partial charge in [-0.25, -0.2) is 19.8 Å². The summed E-state index contributed by atoms with van der Waals surface area (Å²) in [6.45, 7) is 8.58. The number of fused-ring (bicyclic) bond motifs is 1. The Morgan fingerprint density at radius 1 is 1.07 bits per heavy atom. The van der Waals surface area contributed by atoms with E-state index in [1.54, 1.807) is 40.9 Å². The molecule has 0 amide bonds. The second-order valence-electron chi connectivity index (χ2n) is 6.35. The molecule has 6 nitrogen and oxygen atoms in total. The average Bonchev–Trinajstić information content (AvgIpc) is 3.17. The molecule has 0 saturated carbocycles. The molecule has 0 saturated heterocycles. The molecule has 0 unspecified atom stereocenters. The number of pyridine rings is 1. The molecule has 29 heavy (non-hydrogen) atoms. The molecule has 4 aromatic rings. The number of aryl methyl sites for hydroxylation is 1. The van der Waals surface area contributed by atoms with Gasteiger partial charge in [0.1, 0.15) is 5.69 Å². The summed E-state index contributed by atoms with van der Waals surface area (Å²) in [6, 6.07) is 9.12. The van der Waals surface area contributed by atoms with Crippen molar-refractivity contribution in [3.63, 3.8) is 0 Å². The zero-order valence-electron chi connectivity index (χ0n) is 15.1. The number of nitrogens with two attached hydrogens (primary N) is 1. The van der Waals surface area contributed by atoms with Gasteiger partial charge in [0, 0.05) is 23.7 Å². The lowest BCUT2D eigenvalue weighted by atomic mass is 10.0. The number of alkyl halides is 3. The van der Waals surface area contributed by atoms with E-state index in [1.165, 1.54) is 13.1 Å². The molecule has 0 aliphatic carbocycles. The van der Waals surface area contributed by atoms with Gasteiger partial charge in [-0.1, -0.05) is 24.3 Å². The van der Waals surface area contributed by atoms with Crippen LogP contribution in [-0.2, 0) is 6.18 Å². The molecule has 0 radical (unpaired) electrons. The second-order valence-corrected chi connectivity index (χ2v) is 6.35. The summed E-state index contributed by atoms with van der Waals surface area (Å²) in [6.07, 6.45) is -1.47. The molecule has 2 N–H and O–H groups in total. The average molecular weight is 394 g/mol. The Morgan fingerprint density at radius 2 is 1.79 bits per heavy atom. The van der Waals surface area contributed by atoms with Crippen LogP contribution in [0.25, 0.3) is 33.0 Å². The smallest absolute Gasteiger partial charge is 0.381 e. The van der Waals surface area contributed by atoms with Crippen LogP contribution < -0.4 is 5.73 Å². The van der Waals surface area contributed by atoms with Gasteiger partial charge in [0.05, 0.1) is 18.0 Å². The van der Waals surface area contributed by atoms with Crippen molar-refractivity contribution in [2.75, 3.05) is 5.73 Å². The highest BCUT2D eigenvalue weighted by atomic mass is 19.4. The molecular weight excluding hydrogens is 381 g/mol. The third-order valence-electron chi connectivity index (χ3n) is 4.35. The standard InChI is InChI=1S/C20H13F3N6/c1-11-9-13(10-15(27-11)20(21,22)23)17-16(12-3-5-14(25-2)6-4-12)28-18(24)19-26-7-8-29(17)19/h3-10H,1H3,(H2,24,28). The summed E-state index contributed by atoms with van der Waals surface area (Å²) >= 11 is 0. The minimum absolute atomic E-state index is 0.143. The highest BCUT2D eigenvalue weighted by molar-refractivity contribution is 5.83. The van der Waals surface area contributed by atoms with E-state index in [1.807, 2.05) is 0 Å². The van der Waals surface area contributed by atoms with Crippen molar-refractivity contribution < 1.29 is 13.2 Å². The quantitative estimate of drug-likeness (QED) is 0.490. The molecule has 4 rings (SSSR count). The number of nitrogens with zero attached hydrogens (tertiary/aromatic N) is 5. The number of hydrogen-bond donors (Lipinski definition) is 1. The summed E-state index contributed by atoms with van der Waals surface area (Å²) in [5.74, 6) is 0.143. The van der Waals surface area contributed by atoms with Crippen LogP contribution in [0.2, 0.25) is 0 Å². The van der Waals surface area contributed by atoms with Crippen LogP contribution in [0.3, 0.4) is 0 Å². The Kier molecular flexibility index (Phi) is 4.19. The molecule has 144 valence electrons. The first-order valence-corrected chi connectivity index (χ1v) is 8.44. The molecule has 3 aromatic heterocycles. The summed E-state index contributed by atoms with van der Waals surface area (Å²) < 4.78 is 41.6. The van der Waals surface area contributed by atoms with E-state index in [-0.39, 0.29) is 17.1 Å². The van der Waals surface area contributed by atoms with Crippen LogP contribution in [-0.4, -0.2) is 19.4 Å². The van der Waals surface area contributed by atoms with Crippen LogP contribution in [0, 0.1) is 13.5 Å². The van der Waals surface area contributed by atoms with Crippen molar-refractivity contribution in [1.82, 2.24) is 19.4 Å². The molecule has 0 aliphatic heterocycles. The number of imidazole rings is 1. The molecule has 9 heteroatoms. The van der Waals surface area contributed by atoms with Gasteiger partial charge < -0.3 is 5.73 Å². The molecule has 3 heterocycles. The van der Waals surface area contributed by atoms with E-state index in [4.69, 9.17) is 12.3 Å². The summed E-state index contributed by atoms with van der Waals surface area (Å²) in [4.78, 5) is 15.5. The van der Waals surface area contributed by atoms with Crippen molar-refractivity contribution in [2.24, 2.45) is 0 Å². The fourth-order valence-corrected chi connectivity index (χ4v) is 3.13. The SMILES string of the molecule is [C-]#[N+]c1ccc(-c2nc(N)c3nccn3c2-c2cc(C)nc(C(F)(F)F)c2)cc1. The Hall–Kier alpha value is -3.93. The minimum Gasteiger partial charge on any atom is -0.381 e. The van der Waals surface area contributed by atoms with E-state index in [0.717, 1.165) is 6.07 Å². The number of aromatic nitrogens is 4. The van der Waals surface area contributed by atoms with Crippen LogP contribution in [0.5, 0.6) is 0 Å². The Morgan fingerprint density at radius 3 is 2.45 bits per heavy atom. The fraction of sp³-hybridized carbons (Fsp3) is 0.100. The van der Waals surface area contributed by atoms with E-state index in [0.29, 0.717) is 28.3 Å². The lowest BCUT2D eigenvalue weighted by Crippen LogP contribution is -2.10.